The van der Waals surface area contributed by atoms with Gasteiger partial charge in [-0.15, -0.1) is 4.99 Å². The van der Waals surface area contributed by atoms with Gasteiger partial charge in [0.15, 0.2) is 0 Å². The van der Waals surface area contributed by atoms with E-state index in [0.717, 1.165) is 0 Å². The molecule has 10 heavy (non-hydrogen) atoms. The van der Waals surface area contributed by atoms with Crippen LogP contribution < -0.4 is 0 Å². The number of aliphatic imine (C=N–C) groups is 1. The summed E-state index contributed by atoms with van der Waals surface area (Å²) in [5, 5.41) is 0. The van der Waals surface area contributed by atoms with Crippen molar-refractivity contribution in [2.45, 2.75) is 16.6 Å². The fraction of sp³-hybridized carbons (Fsp3) is 0.600. The van der Waals surface area contributed by atoms with Crippen LogP contribution in [0.15, 0.2) is 4.99 Å². The number of carbonyl (C=O) groups is 1. The molecule has 0 radical (unpaired) electrons. The van der Waals surface area contributed by atoms with Crippen molar-refractivity contribution < 1.29 is 9.59 Å². The molecule has 0 saturated carbocycles. The topological polar surface area (TPSA) is 46.5 Å². The van der Waals surface area contributed by atoms with Gasteiger partial charge in [0.1, 0.15) is 4.83 Å². The maximum absolute atomic E-state index is 10.7. The third kappa shape index (κ3) is 3.25. The molecule has 0 aromatic rings. The number of hydrogen-bond donors (Lipinski definition) is 0. The van der Waals surface area contributed by atoms with Crippen molar-refractivity contribution in [1.82, 2.24) is 0 Å². The van der Waals surface area contributed by atoms with E-state index >= 15 is 0 Å². The van der Waals surface area contributed by atoms with Crippen molar-refractivity contribution in [2.24, 2.45) is 4.99 Å². The largest absolute Gasteiger partial charge is 0.271 e. The standard InChI is InChI=1S/C5H5Br2NO2/c1-3(6)4(7)5(10)8-2-9/h3-4H,1H3. The summed E-state index contributed by atoms with van der Waals surface area (Å²) in [5.74, 6) is -0.514. The van der Waals surface area contributed by atoms with Gasteiger partial charge >= 0.3 is 0 Å². The Balaban J connectivity index is 4.07. The molecular formula is C5H5Br2NO2. The lowest BCUT2D eigenvalue weighted by atomic mass is 10.3. The number of amides is 1. The number of carbonyl (C=O) groups excluding carboxylic acids is 2. The van der Waals surface area contributed by atoms with Crippen LogP contribution in [-0.2, 0) is 9.59 Å². The van der Waals surface area contributed by atoms with Gasteiger partial charge < -0.3 is 0 Å². The summed E-state index contributed by atoms with van der Waals surface area (Å²) in [4.78, 5) is 22.7. The van der Waals surface area contributed by atoms with Crippen molar-refractivity contribution >= 4 is 43.8 Å². The molecular weight excluding hydrogens is 266 g/mol. The molecule has 56 valence electrons. The molecule has 0 aliphatic carbocycles. The van der Waals surface area contributed by atoms with Crippen LogP contribution in [0.4, 0.5) is 0 Å². The molecule has 1 amide bonds. The highest BCUT2D eigenvalue weighted by Gasteiger charge is 2.18. The van der Waals surface area contributed by atoms with Gasteiger partial charge in [-0.3, -0.25) is 4.79 Å². The van der Waals surface area contributed by atoms with Crippen molar-refractivity contribution in [1.29, 1.82) is 0 Å². The van der Waals surface area contributed by atoms with E-state index in [2.05, 4.69) is 36.9 Å². The summed E-state index contributed by atoms with van der Waals surface area (Å²) >= 11 is 6.19. The number of alkyl halides is 2. The molecule has 0 saturated heterocycles. The average Bonchev–Trinajstić information content (AvgIpc) is 1.87. The summed E-state index contributed by atoms with van der Waals surface area (Å²) < 4.78 is 0. The van der Waals surface area contributed by atoms with Gasteiger partial charge in [0.05, 0.1) is 0 Å². The zero-order chi connectivity index (χ0) is 8.15. The second-order valence-corrected chi connectivity index (χ2v) is 4.05. The molecule has 2 unspecified atom stereocenters. The van der Waals surface area contributed by atoms with Crippen molar-refractivity contribution in [3.8, 4) is 0 Å². The molecule has 0 aliphatic rings. The molecule has 0 spiro atoms. The SMILES string of the molecule is CC(Br)C(Br)C(=O)N=C=O. The second kappa shape index (κ2) is 4.77. The molecule has 0 rings (SSSR count). The lowest BCUT2D eigenvalue weighted by Gasteiger charge is -2.04. The van der Waals surface area contributed by atoms with Gasteiger partial charge in [0, 0.05) is 4.83 Å². The molecule has 0 heterocycles. The van der Waals surface area contributed by atoms with Crippen LogP contribution in [0.3, 0.4) is 0 Å². The molecule has 0 fully saturated rings. The number of halogens is 2. The molecule has 0 bridgehead atoms. The van der Waals surface area contributed by atoms with E-state index < -0.39 is 10.7 Å². The normalized spacial score (nSPS) is 15.1. The van der Waals surface area contributed by atoms with Gasteiger partial charge in [0.2, 0.25) is 6.08 Å². The number of isocyanates is 1. The van der Waals surface area contributed by atoms with Crippen LogP contribution in [0.2, 0.25) is 0 Å². The first-order valence-corrected chi connectivity index (χ1v) is 4.32. The minimum atomic E-state index is -0.514. The smallest absolute Gasteiger partial charge is 0.270 e. The van der Waals surface area contributed by atoms with Crippen LogP contribution in [0.1, 0.15) is 6.92 Å². The van der Waals surface area contributed by atoms with Crippen molar-refractivity contribution in [3.05, 3.63) is 0 Å². The highest BCUT2D eigenvalue weighted by molar-refractivity contribution is 9.12. The van der Waals surface area contributed by atoms with Gasteiger partial charge in [-0.1, -0.05) is 38.8 Å². The van der Waals surface area contributed by atoms with Crippen LogP contribution in [0, 0.1) is 0 Å². The van der Waals surface area contributed by atoms with E-state index in [1.54, 1.807) is 6.92 Å². The summed E-state index contributed by atoms with van der Waals surface area (Å²) in [6, 6.07) is 0. The van der Waals surface area contributed by atoms with E-state index in [-0.39, 0.29) is 4.83 Å². The second-order valence-electron chi connectivity index (χ2n) is 1.62. The third-order valence-electron chi connectivity index (χ3n) is 0.795. The fourth-order valence-corrected chi connectivity index (χ4v) is 0.632. The fourth-order valence-electron chi connectivity index (χ4n) is 0.303. The Morgan fingerprint density at radius 1 is 1.60 bits per heavy atom. The summed E-state index contributed by atoms with van der Waals surface area (Å²) in [6.07, 6.45) is 1.18. The molecule has 2 atom stereocenters. The zero-order valence-electron chi connectivity index (χ0n) is 5.17. The predicted octanol–water partition coefficient (Wildman–Crippen LogP) is 1.40. The summed E-state index contributed by atoms with van der Waals surface area (Å²) in [5.41, 5.74) is 0. The van der Waals surface area contributed by atoms with E-state index in [9.17, 15) is 9.59 Å². The van der Waals surface area contributed by atoms with Crippen molar-refractivity contribution in [2.75, 3.05) is 0 Å². The van der Waals surface area contributed by atoms with E-state index in [1.165, 1.54) is 6.08 Å². The minimum absolute atomic E-state index is 0.0444. The number of nitrogens with zero attached hydrogens (tertiary/aromatic N) is 1. The van der Waals surface area contributed by atoms with Crippen LogP contribution >= 0.6 is 31.9 Å². The first-order chi connectivity index (χ1) is 4.59. The summed E-state index contributed by atoms with van der Waals surface area (Å²) in [6.45, 7) is 1.78. The highest BCUT2D eigenvalue weighted by Crippen LogP contribution is 2.14. The Kier molecular flexibility index (Phi) is 4.77. The predicted molar refractivity (Wildman–Crippen MR) is 44.2 cm³/mol. The first kappa shape index (κ1) is 10.0. The molecule has 3 nitrogen and oxygen atoms in total. The molecule has 0 aromatic carbocycles. The Labute approximate surface area is 75.2 Å². The van der Waals surface area contributed by atoms with E-state index in [4.69, 9.17) is 0 Å². The van der Waals surface area contributed by atoms with Crippen molar-refractivity contribution in [3.63, 3.8) is 0 Å². The maximum Gasteiger partial charge on any atom is 0.271 e. The highest BCUT2D eigenvalue weighted by atomic mass is 79.9. The minimum Gasteiger partial charge on any atom is -0.270 e. The average molecular weight is 271 g/mol. The molecule has 5 heteroatoms. The Hall–Kier alpha value is 0.01000. The van der Waals surface area contributed by atoms with E-state index in [0.29, 0.717) is 0 Å². The zero-order valence-corrected chi connectivity index (χ0v) is 8.35. The number of rotatable bonds is 2. The van der Waals surface area contributed by atoms with Gasteiger partial charge in [-0.25, -0.2) is 4.79 Å². The third-order valence-corrected chi connectivity index (χ3v) is 3.22. The van der Waals surface area contributed by atoms with E-state index in [1.807, 2.05) is 0 Å². The lowest BCUT2D eigenvalue weighted by Crippen LogP contribution is -2.19. The summed E-state index contributed by atoms with van der Waals surface area (Å²) in [7, 11) is 0. The monoisotopic (exact) mass is 269 g/mol. The van der Waals surface area contributed by atoms with Gasteiger partial charge in [0.25, 0.3) is 5.91 Å². The van der Waals surface area contributed by atoms with Crippen LogP contribution in [0.25, 0.3) is 0 Å². The lowest BCUT2D eigenvalue weighted by molar-refractivity contribution is -0.117. The Bertz CT molecular complexity index is 174. The van der Waals surface area contributed by atoms with Gasteiger partial charge in [-0.05, 0) is 0 Å². The van der Waals surface area contributed by atoms with Crippen LogP contribution in [0.5, 0.6) is 0 Å². The molecule has 0 N–H and O–H groups in total. The Morgan fingerprint density at radius 3 is 2.40 bits per heavy atom. The number of hydrogen-bond acceptors (Lipinski definition) is 2. The Morgan fingerprint density at radius 2 is 2.10 bits per heavy atom. The quantitative estimate of drug-likeness (QED) is 0.433. The maximum atomic E-state index is 10.7. The first-order valence-electron chi connectivity index (χ1n) is 2.49. The molecule has 0 aliphatic heterocycles. The molecule has 0 aromatic heterocycles. The van der Waals surface area contributed by atoms with Crippen LogP contribution in [-0.4, -0.2) is 21.6 Å². The van der Waals surface area contributed by atoms with Gasteiger partial charge in [-0.2, -0.15) is 0 Å².